The van der Waals surface area contributed by atoms with Gasteiger partial charge in [0.15, 0.2) is 0 Å². The van der Waals surface area contributed by atoms with E-state index in [0.29, 0.717) is 17.5 Å². The van der Waals surface area contributed by atoms with Crippen molar-refractivity contribution in [2.45, 2.75) is 19.9 Å². The lowest BCUT2D eigenvalue weighted by Crippen LogP contribution is -2.72. The van der Waals surface area contributed by atoms with Crippen molar-refractivity contribution in [2.75, 3.05) is 38.1 Å². The summed E-state index contributed by atoms with van der Waals surface area (Å²) < 4.78 is 0. The third-order valence-electron chi connectivity index (χ3n) is 6.37. The lowest BCUT2D eigenvalue weighted by molar-refractivity contribution is -0.0273. The minimum Gasteiger partial charge on any atom is -0.369 e. The summed E-state index contributed by atoms with van der Waals surface area (Å²) in [4.78, 5) is 40.4. The molecule has 9 heteroatoms. The molecule has 0 atom stereocenters. The fourth-order valence-corrected chi connectivity index (χ4v) is 4.82. The van der Waals surface area contributed by atoms with Gasteiger partial charge in [0.2, 0.25) is 0 Å². The molecule has 2 fully saturated rings. The van der Waals surface area contributed by atoms with Crippen LogP contribution in [0.5, 0.6) is 0 Å². The van der Waals surface area contributed by atoms with Gasteiger partial charge in [0.1, 0.15) is 5.69 Å². The predicted octanol–water partition coefficient (Wildman–Crippen LogP) is 1.07. The average Bonchev–Trinajstić information content (AvgIpc) is 2.74. The first kappa shape index (κ1) is 20.6. The van der Waals surface area contributed by atoms with Crippen molar-refractivity contribution < 1.29 is 4.79 Å². The number of nitrogens with one attached hydrogen (secondary N) is 3. The molecule has 3 N–H and O–H groups in total. The van der Waals surface area contributed by atoms with Gasteiger partial charge in [-0.3, -0.25) is 24.9 Å². The van der Waals surface area contributed by atoms with Crippen LogP contribution in [-0.2, 0) is 13.0 Å². The Kier molecular flexibility index (Phi) is 5.15. The van der Waals surface area contributed by atoms with E-state index >= 15 is 0 Å². The van der Waals surface area contributed by atoms with Gasteiger partial charge >= 0.3 is 0 Å². The Labute approximate surface area is 185 Å². The van der Waals surface area contributed by atoms with Crippen LogP contribution in [0, 0.1) is 5.41 Å². The van der Waals surface area contributed by atoms with E-state index in [2.05, 4.69) is 35.6 Å². The first-order valence-electron chi connectivity index (χ1n) is 10.9. The first-order chi connectivity index (χ1) is 15.5. The van der Waals surface area contributed by atoms with E-state index < -0.39 is 0 Å². The minimum absolute atomic E-state index is 0.0263. The third kappa shape index (κ3) is 3.74. The molecule has 5 rings (SSSR count). The van der Waals surface area contributed by atoms with Crippen molar-refractivity contribution in [3.8, 4) is 0 Å². The summed E-state index contributed by atoms with van der Waals surface area (Å²) in [6.45, 7) is 6.89. The van der Waals surface area contributed by atoms with Gasteiger partial charge in [-0.2, -0.15) is 0 Å². The summed E-state index contributed by atoms with van der Waals surface area (Å²) in [5.74, 6) is -0.244. The zero-order valence-corrected chi connectivity index (χ0v) is 18.3. The Hall–Kier alpha value is -3.30. The molecule has 32 heavy (non-hydrogen) atoms. The second-order valence-corrected chi connectivity index (χ2v) is 8.86. The molecule has 3 aromatic heterocycles. The number of amides is 1. The number of hydrogen-bond donors (Lipinski definition) is 3. The summed E-state index contributed by atoms with van der Waals surface area (Å²) >= 11 is 0. The number of hydrazine groups is 1. The van der Waals surface area contributed by atoms with Crippen molar-refractivity contribution in [2.24, 2.45) is 5.41 Å². The summed E-state index contributed by atoms with van der Waals surface area (Å²) in [5.41, 5.74) is 10.4. The van der Waals surface area contributed by atoms with Crippen LogP contribution in [0.4, 0.5) is 5.69 Å². The van der Waals surface area contributed by atoms with E-state index in [1.54, 1.807) is 19.3 Å². The van der Waals surface area contributed by atoms with Crippen LogP contribution in [0.1, 0.15) is 28.5 Å². The number of aryl methyl sites for hydroxylation is 1. The monoisotopic (exact) mass is 433 g/mol. The van der Waals surface area contributed by atoms with Crippen molar-refractivity contribution in [3.05, 3.63) is 63.8 Å². The molecule has 0 aromatic carbocycles. The van der Waals surface area contributed by atoms with Crippen LogP contribution < -0.4 is 21.3 Å². The second-order valence-electron chi connectivity index (χ2n) is 8.86. The number of carbonyl (C=O) groups is 1. The second kappa shape index (κ2) is 7.99. The quantitative estimate of drug-likeness (QED) is 0.499. The Balaban J connectivity index is 1.16. The molecule has 0 aliphatic carbocycles. The fourth-order valence-electron chi connectivity index (χ4n) is 4.82. The maximum absolute atomic E-state index is 12.1. The largest absolute Gasteiger partial charge is 0.369 e. The summed E-state index contributed by atoms with van der Waals surface area (Å²) in [5, 5.41) is 0. The molecule has 0 radical (unpaired) electrons. The van der Waals surface area contributed by atoms with Crippen LogP contribution in [0.2, 0.25) is 0 Å². The summed E-state index contributed by atoms with van der Waals surface area (Å²) in [7, 11) is 1.65. The topological polar surface area (TPSA) is 106 Å². The van der Waals surface area contributed by atoms with E-state index in [0.717, 1.165) is 60.6 Å². The number of likely N-dealkylation sites (tertiary alicyclic amines) is 1. The fraction of sp³-hybridized carbons (Fsp3) is 0.391. The Morgan fingerprint density at radius 2 is 1.97 bits per heavy atom. The van der Waals surface area contributed by atoms with Crippen LogP contribution >= 0.6 is 0 Å². The molecule has 1 amide bonds. The molecule has 2 aliphatic rings. The molecule has 2 saturated heterocycles. The lowest BCUT2D eigenvalue weighted by Gasteiger charge is -2.61. The number of fused-ring (bicyclic) bond motifs is 1. The third-order valence-corrected chi connectivity index (χ3v) is 6.37. The SMILES string of the molecule is CCc1cc2ncc(CN3CC4(C3)CN(c3ccc(C(=O)NNC)nc3)C4)cc2[nH]c1=O. The lowest BCUT2D eigenvalue weighted by atomic mass is 9.72. The van der Waals surface area contributed by atoms with Crippen LogP contribution in [0.3, 0.4) is 0 Å². The highest BCUT2D eigenvalue weighted by molar-refractivity contribution is 5.92. The smallest absolute Gasteiger partial charge is 0.283 e. The molecule has 0 unspecified atom stereocenters. The molecule has 3 aromatic rings. The Bertz CT molecular complexity index is 1210. The summed E-state index contributed by atoms with van der Waals surface area (Å²) in [6, 6.07) is 7.62. The number of H-pyrrole nitrogens is 1. The van der Waals surface area contributed by atoms with E-state index in [9.17, 15) is 9.59 Å². The Morgan fingerprint density at radius 1 is 1.16 bits per heavy atom. The van der Waals surface area contributed by atoms with Gasteiger partial charge in [-0.25, -0.2) is 10.4 Å². The van der Waals surface area contributed by atoms with Crippen LogP contribution in [0.25, 0.3) is 11.0 Å². The van der Waals surface area contributed by atoms with Gasteiger partial charge in [0.25, 0.3) is 11.5 Å². The molecule has 1 spiro atoms. The van der Waals surface area contributed by atoms with Crippen molar-refractivity contribution in [1.29, 1.82) is 0 Å². The van der Waals surface area contributed by atoms with Crippen molar-refractivity contribution in [1.82, 2.24) is 30.7 Å². The van der Waals surface area contributed by atoms with Crippen molar-refractivity contribution in [3.63, 3.8) is 0 Å². The average molecular weight is 434 g/mol. The minimum atomic E-state index is -0.244. The highest BCUT2D eigenvalue weighted by Gasteiger charge is 2.51. The normalized spacial score (nSPS) is 17.2. The van der Waals surface area contributed by atoms with Crippen LogP contribution in [-0.4, -0.2) is 59.0 Å². The predicted molar refractivity (Wildman–Crippen MR) is 122 cm³/mol. The molecule has 5 heterocycles. The number of hydrogen-bond acceptors (Lipinski definition) is 7. The van der Waals surface area contributed by atoms with Gasteiger partial charge in [-0.15, -0.1) is 0 Å². The Morgan fingerprint density at radius 3 is 2.66 bits per heavy atom. The number of nitrogens with zero attached hydrogens (tertiary/aromatic N) is 4. The van der Waals surface area contributed by atoms with Crippen LogP contribution in [0.15, 0.2) is 41.5 Å². The molecular weight excluding hydrogens is 406 g/mol. The molecule has 0 bridgehead atoms. The number of pyridine rings is 3. The van der Waals surface area contributed by atoms with E-state index in [-0.39, 0.29) is 11.5 Å². The molecule has 0 saturated carbocycles. The molecule has 9 nitrogen and oxygen atoms in total. The molecule has 2 aliphatic heterocycles. The standard InChI is InChI=1S/C23H27N7O2/c1-3-16-7-19-20(27-21(16)31)6-15(8-25-19)10-29-11-23(12-29)13-30(14-23)17-4-5-18(26-9-17)22(32)28-24-2/h4-9,24H,3,10-14H2,1-2H3,(H,27,31)(H,28,32). The van der Waals surface area contributed by atoms with E-state index in [1.807, 2.05) is 31.3 Å². The highest BCUT2D eigenvalue weighted by atomic mass is 16.2. The van der Waals surface area contributed by atoms with E-state index in [4.69, 9.17) is 0 Å². The molecular formula is C23H27N7O2. The van der Waals surface area contributed by atoms with Gasteiger partial charge in [-0.1, -0.05) is 6.92 Å². The first-order valence-corrected chi connectivity index (χ1v) is 10.9. The van der Waals surface area contributed by atoms with E-state index in [1.165, 1.54) is 0 Å². The van der Waals surface area contributed by atoms with Gasteiger partial charge < -0.3 is 9.88 Å². The maximum Gasteiger partial charge on any atom is 0.283 e. The number of aromatic nitrogens is 3. The molecule has 166 valence electrons. The number of rotatable bonds is 6. The van der Waals surface area contributed by atoms with Gasteiger partial charge in [0, 0.05) is 56.9 Å². The zero-order chi connectivity index (χ0) is 22.3. The number of carbonyl (C=O) groups excluding carboxylic acids is 1. The van der Waals surface area contributed by atoms with Gasteiger partial charge in [0.05, 0.1) is 22.9 Å². The van der Waals surface area contributed by atoms with Crippen molar-refractivity contribution >= 4 is 22.6 Å². The number of anilines is 1. The highest BCUT2D eigenvalue weighted by Crippen LogP contribution is 2.42. The van der Waals surface area contributed by atoms with Gasteiger partial charge in [-0.05, 0) is 36.2 Å². The number of aromatic amines is 1. The zero-order valence-electron chi connectivity index (χ0n) is 18.3. The summed E-state index contributed by atoms with van der Waals surface area (Å²) in [6.07, 6.45) is 4.38. The maximum atomic E-state index is 12.1.